The average molecular weight is 351 g/mol. The highest BCUT2D eigenvalue weighted by molar-refractivity contribution is 5.91. The maximum absolute atomic E-state index is 12.5. The van der Waals surface area contributed by atoms with Gasteiger partial charge in [-0.3, -0.25) is 4.79 Å². The summed E-state index contributed by atoms with van der Waals surface area (Å²) in [5, 5.41) is 6.54. The highest BCUT2D eigenvalue weighted by Gasteiger charge is 2.39. The van der Waals surface area contributed by atoms with Gasteiger partial charge in [0.1, 0.15) is 0 Å². The number of hydrogen-bond acceptors (Lipinski definition) is 4. The predicted molar refractivity (Wildman–Crippen MR) is 83.3 cm³/mol. The molecular formula is C17H16F3N3O2. The van der Waals surface area contributed by atoms with E-state index in [0.717, 1.165) is 5.56 Å². The topological polar surface area (TPSA) is 59.2 Å². The SMILES string of the molecule is O=C(/C=C/c1ccccc1)N1CCC(c2nnc(C(F)(F)F)o2)CC1. The molecule has 3 rings (SSSR count). The molecule has 1 aromatic heterocycles. The van der Waals surface area contributed by atoms with Crippen molar-refractivity contribution in [3.05, 3.63) is 53.8 Å². The van der Waals surface area contributed by atoms with Crippen LogP contribution >= 0.6 is 0 Å². The van der Waals surface area contributed by atoms with E-state index in [1.54, 1.807) is 11.0 Å². The van der Waals surface area contributed by atoms with Crippen molar-refractivity contribution in [2.75, 3.05) is 13.1 Å². The summed E-state index contributed by atoms with van der Waals surface area (Å²) >= 11 is 0. The first-order valence-electron chi connectivity index (χ1n) is 7.86. The normalized spacial score (nSPS) is 16.5. The van der Waals surface area contributed by atoms with Gasteiger partial charge in [0.05, 0.1) is 0 Å². The molecule has 132 valence electrons. The van der Waals surface area contributed by atoms with Crippen molar-refractivity contribution < 1.29 is 22.4 Å². The van der Waals surface area contributed by atoms with E-state index >= 15 is 0 Å². The first kappa shape index (κ1) is 17.2. The second-order valence-electron chi connectivity index (χ2n) is 5.79. The average Bonchev–Trinajstić information content (AvgIpc) is 3.11. The fourth-order valence-corrected chi connectivity index (χ4v) is 2.70. The van der Waals surface area contributed by atoms with Crippen LogP contribution in [0, 0.1) is 0 Å². The molecule has 0 bridgehead atoms. The number of carbonyl (C=O) groups excluding carboxylic acids is 1. The largest absolute Gasteiger partial charge is 0.470 e. The Morgan fingerprint density at radius 3 is 2.44 bits per heavy atom. The van der Waals surface area contributed by atoms with Crippen molar-refractivity contribution in [2.45, 2.75) is 24.9 Å². The summed E-state index contributed by atoms with van der Waals surface area (Å²) in [4.78, 5) is 13.9. The van der Waals surface area contributed by atoms with E-state index in [4.69, 9.17) is 4.42 Å². The minimum Gasteiger partial charge on any atom is -0.417 e. The molecule has 0 radical (unpaired) electrons. The van der Waals surface area contributed by atoms with Crippen LogP contribution in [0.4, 0.5) is 13.2 Å². The van der Waals surface area contributed by atoms with Crippen LogP contribution in [0.25, 0.3) is 6.08 Å². The van der Waals surface area contributed by atoms with Crippen LogP contribution in [-0.2, 0) is 11.0 Å². The molecule has 0 unspecified atom stereocenters. The van der Waals surface area contributed by atoms with Crippen LogP contribution in [0.2, 0.25) is 0 Å². The van der Waals surface area contributed by atoms with E-state index < -0.39 is 12.1 Å². The zero-order valence-electron chi connectivity index (χ0n) is 13.2. The molecule has 0 aliphatic carbocycles. The minimum absolute atomic E-state index is 0.0146. The molecular weight excluding hydrogens is 335 g/mol. The Hall–Kier alpha value is -2.64. The molecule has 1 aliphatic heterocycles. The first-order chi connectivity index (χ1) is 11.9. The number of piperidine rings is 1. The van der Waals surface area contributed by atoms with Crippen molar-refractivity contribution in [2.24, 2.45) is 0 Å². The number of likely N-dealkylation sites (tertiary alicyclic amines) is 1. The van der Waals surface area contributed by atoms with Crippen LogP contribution in [0.5, 0.6) is 0 Å². The van der Waals surface area contributed by atoms with Gasteiger partial charge in [0.25, 0.3) is 0 Å². The molecule has 8 heteroatoms. The Morgan fingerprint density at radius 2 is 1.84 bits per heavy atom. The maximum atomic E-state index is 12.5. The van der Waals surface area contributed by atoms with Crippen molar-refractivity contribution in [3.8, 4) is 0 Å². The molecule has 0 saturated carbocycles. The van der Waals surface area contributed by atoms with Crippen molar-refractivity contribution in [1.82, 2.24) is 15.1 Å². The predicted octanol–water partition coefficient (Wildman–Crippen LogP) is 3.51. The highest BCUT2D eigenvalue weighted by atomic mass is 19.4. The van der Waals surface area contributed by atoms with Gasteiger partial charge in [-0.15, -0.1) is 10.2 Å². The molecule has 1 aliphatic rings. The second-order valence-corrected chi connectivity index (χ2v) is 5.79. The summed E-state index contributed by atoms with van der Waals surface area (Å²) in [6.45, 7) is 0.874. The van der Waals surface area contributed by atoms with E-state index in [0.29, 0.717) is 25.9 Å². The van der Waals surface area contributed by atoms with Crippen LogP contribution in [0.1, 0.15) is 36.1 Å². The molecule has 0 N–H and O–H groups in total. The molecule has 0 atom stereocenters. The van der Waals surface area contributed by atoms with E-state index in [2.05, 4.69) is 10.2 Å². The quantitative estimate of drug-likeness (QED) is 0.794. The minimum atomic E-state index is -4.63. The third kappa shape index (κ3) is 4.26. The van der Waals surface area contributed by atoms with E-state index in [9.17, 15) is 18.0 Å². The number of hydrogen-bond donors (Lipinski definition) is 0. The Kier molecular flexibility index (Phi) is 4.87. The highest BCUT2D eigenvalue weighted by Crippen LogP contribution is 2.32. The summed E-state index contributed by atoms with van der Waals surface area (Å²) in [7, 11) is 0. The Bertz CT molecular complexity index is 748. The van der Waals surface area contributed by atoms with Gasteiger partial charge in [-0.2, -0.15) is 13.2 Å². The molecule has 1 fully saturated rings. The van der Waals surface area contributed by atoms with Gasteiger partial charge in [0, 0.05) is 25.1 Å². The molecule has 2 aromatic rings. The van der Waals surface area contributed by atoms with Crippen LogP contribution < -0.4 is 0 Å². The summed E-state index contributed by atoms with van der Waals surface area (Å²) in [5.41, 5.74) is 0.927. The molecule has 5 nitrogen and oxygen atoms in total. The third-order valence-electron chi connectivity index (χ3n) is 4.06. The lowest BCUT2D eigenvalue weighted by Gasteiger charge is -2.29. The van der Waals surface area contributed by atoms with E-state index in [1.165, 1.54) is 6.08 Å². The number of alkyl halides is 3. The third-order valence-corrected chi connectivity index (χ3v) is 4.06. The maximum Gasteiger partial charge on any atom is 0.470 e. The lowest BCUT2D eigenvalue weighted by molar-refractivity contribution is -0.157. The lowest BCUT2D eigenvalue weighted by Crippen LogP contribution is -2.36. The van der Waals surface area contributed by atoms with Crippen molar-refractivity contribution in [3.63, 3.8) is 0 Å². The monoisotopic (exact) mass is 351 g/mol. The van der Waals surface area contributed by atoms with Crippen molar-refractivity contribution in [1.29, 1.82) is 0 Å². The lowest BCUT2D eigenvalue weighted by atomic mass is 9.97. The summed E-state index contributed by atoms with van der Waals surface area (Å²) in [5.74, 6) is -1.72. The first-order valence-corrected chi connectivity index (χ1v) is 7.86. The van der Waals surface area contributed by atoms with Gasteiger partial charge in [0.15, 0.2) is 0 Å². The van der Waals surface area contributed by atoms with Crippen molar-refractivity contribution >= 4 is 12.0 Å². The van der Waals surface area contributed by atoms with E-state index in [1.807, 2.05) is 30.3 Å². The smallest absolute Gasteiger partial charge is 0.417 e. The molecule has 25 heavy (non-hydrogen) atoms. The zero-order chi connectivity index (χ0) is 17.9. The van der Waals surface area contributed by atoms with Crippen LogP contribution in [-0.4, -0.2) is 34.1 Å². The molecule has 1 aromatic carbocycles. The Morgan fingerprint density at radius 1 is 1.16 bits per heavy atom. The number of amides is 1. The van der Waals surface area contributed by atoms with Gasteiger partial charge < -0.3 is 9.32 Å². The van der Waals surface area contributed by atoms with Gasteiger partial charge in [0.2, 0.25) is 11.8 Å². The van der Waals surface area contributed by atoms with Gasteiger partial charge in [-0.05, 0) is 24.5 Å². The number of nitrogens with zero attached hydrogens (tertiary/aromatic N) is 3. The second kappa shape index (κ2) is 7.08. The van der Waals surface area contributed by atoms with Gasteiger partial charge >= 0.3 is 12.1 Å². The Balaban J connectivity index is 1.55. The Labute approximate surface area is 142 Å². The standard InChI is InChI=1S/C17H16F3N3O2/c18-17(19,20)16-22-21-15(25-16)13-8-10-23(11-9-13)14(24)7-6-12-4-2-1-3-5-12/h1-7,13H,8-11H2/b7-6+. The summed E-state index contributed by atoms with van der Waals surface area (Å²) in [6, 6.07) is 9.45. The van der Waals surface area contributed by atoms with Gasteiger partial charge in [-0.1, -0.05) is 30.3 Å². The van der Waals surface area contributed by atoms with Crippen LogP contribution in [0.15, 0.2) is 40.8 Å². The fraction of sp³-hybridized carbons (Fsp3) is 0.353. The van der Waals surface area contributed by atoms with Crippen LogP contribution in [0.3, 0.4) is 0 Å². The molecule has 1 amide bonds. The summed E-state index contributed by atoms with van der Waals surface area (Å²) < 4.78 is 42.2. The zero-order valence-corrected chi connectivity index (χ0v) is 13.2. The molecule has 1 saturated heterocycles. The molecule has 0 spiro atoms. The number of aromatic nitrogens is 2. The van der Waals surface area contributed by atoms with E-state index in [-0.39, 0.29) is 17.7 Å². The number of carbonyl (C=O) groups is 1. The number of benzene rings is 1. The van der Waals surface area contributed by atoms with Gasteiger partial charge in [-0.25, -0.2) is 0 Å². The number of rotatable bonds is 3. The fourth-order valence-electron chi connectivity index (χ4n) is 2.70. The molecule has 2 heterocycles. The summed E-state index contributed by atoms with van der Waals surface area (Å²) in [6.07, 6.45) is -0.412. The number of halogens is 3.